The molecule has 0 bridgehead atoms. The van der Waals surface area contributed by atoms with E-state index in [0.29, 0.717) is 5.56 Å². The maximum Gasteiger partial charge on any atom is 0.252 e. The highest BCUT2D eigenvalue weighted by molar-refractivity contribution is 6.01. The number of carbonyl (C=O) groups excluding carboxylic acids is 1. The summed E-state index contributed by atoms with van der Waals surface area (Å²) in [5, 5.41) is 11.6. The summed E-state index contributed by atoms with van der Waals surface area (Å²) in [6.07, 6.45) is 4.08. The SMILES string of the molecule is CCCCn1cc(C(C)(C)NC(=O)c2ccccc2-c2ccc(C)cc2)nn1. The van der Waals surface area contributed by atoms with Crippen LogP contribution in [0.1, 0.15) is 55.2 Å². The summed E-state index contributed by atoms with van der Waals surface area (Å²) in [6.45, 7) is 8.94. The number of aromatic nitrogens is 3. The number of nitrogens with one attached hydrogen (secondary N) is 1. The topological polar surface area (TPSA) is 59.8 Å². The van der Waals surface area contributed by atoms with Crippen LogP contribution in [0, 0.1) is 6.92 Å². The highest BCUT2D eigenvalue weighted by atomic mass is 16.1. The Morgan fingerprint density at radius 1 is 1.11 bits per heavy atom. The van der Waals surface area contributed by atoms with E-state index in [1.54, 1.807) is 0 Å². The van der Waals surface area contributed by atoms with E-state index in [1.165, 1.54) is 5.56 Å². The first-order chi connectivity index (χ1) is 13.4. The third-order valence-electron chi connectivity index (χ3n) is 4.88. The quantitative estimate of drug-likeness (QED) is 0.649. The molecule has 1 aromatic heterocycles. The van der Waals surface area contributed by atoms with E-state index >= 15 is 0 Å². The lowest BCUT2D eigenvalue weighted by Crippen LogP contribution is -2.41. The molecule has 0 saturated carbocycles. The van der Waals surface area contributed by atoms with E-state index in [0.717, 1.165) is 36.2 Å². The molecule has 1 amide bonds. The van der Waals surface area contributed by atoms with Crippen molar-refractivity contribution in [2.24, 2.45) is 0 Å². The van der Waals surface area contributed by atoms with Gasteiger partial charge in [0.1, 0.15) is 5.69 Å². The third-order valence-corrected chi connectivity index (χ3v) is 4.88. The Balaban J connectivity index is 1.82. The van der Waals surface area contributed by atoms with Crippen LogP contribution < -0.4 is 5.32 Å². The molecule has 2 aromatic carbocycles. The fourth-order valence-corrected chi connectivity index (χ4v) is 3.10. The molecule has 3 rings (SSSR count). The van der Waals surface area contributed by atoms with Crippen LogP contribution in [0.15, 0.2) is 54.7 Å². The first-order valence-corrected chi connectivity index (χ1v) is 9.80. The predicted octanol–water partition coefficient (Wildman–Crippen LogP) is 4.72. The highest BCUT2D eigenvalue weighted by Gasteiger charge is 2.27. The van der Waals surface area contributed by atoms with Crippen molar-refractivity contribution >= 4 is 5.91 Å². The van der Waals surface area contributed by atoms with Gasteiger partial charge in [-0.2, -0.15) is 0 Å². The zero-order valence-electron chi connectivity index (χ0n) is 17.1. The van der Waals surface area contributed by atoms with Gasteiger partial charge in [-0.1, -0.05) is 66.6 Å². The molecule has 0 aliphatic carbocycles. The van der Waals surface area contributed by atoms with Gasteiger partial charge in [0.25, 0.3) is 5.91 Å². The van der Waals surface area contributed by atoms with E-state index < -0.39 is 5.54 Å². The molecule has 146 valence electrons. The Hall–Kier alpha value is -2.95. The Bertz CT molecular complexity index is 941. The Labute approximate surface area is 166 Å². The number of rotatable bonds is 7. The Morgan fingerprint density at radius 2 is 1.82 bits per heavy atom. The maximum absolute atomic E-state index is 13.1. The molecule has 0 spiro atoms. The van der Waals surface area contributed by atoms with Gasteiger partial charge in [0.05, 0.1) is 11.7 Å². The van der Waals surface area contributed by atoms with Gasteiger partial charge in [-0.3, -0.25) is 9.48 Å². The number of unbranched alkanes of at least 4 members (excludes halogenated alkanes) is 1. The van der Waals surface area contributed by atoms with Crippen LogP contribution in [-0.2, 0) is 12.1 Å². The van der Waals surface area contributed by atoms with Crippen LogP contribution in [0.5, 0.6) is 0 Å². The molecule has 5 heteroatoms. The van der Waals surface area contributed by atoms with Crippen molar-refractivity contribution in [3.8, 4) is 11.1 Å². The van der Waals surface area contributed by atoms with E-state index in [2.05, 4.69) is 41.6 Å². The number of benzene rings is 2. The van der Waals surface area contributed by atoms with Gasteiger partial charge in [-0.05, 0) is 44.4 Å². The number of amides is 1. The summed E-state index contributed by atoms with van der Waals surface area (Å²) in [6, 6.07) is 15.9. The molecule has 0 aliphatic rings. The first-order valence-electron chi connectivity index (χ1n) is 9.80. The first kappa shape index (κ1) is 19.8. The second-order valence-electron chi connectivity index (χ2n) is 7.71. The Kier molecular flexibility index (Phi) is 5.93. The highest BCUT2D eigenvalue weighted by Crippen LogP contribution is 2.26. The van der Waals surface area contributed by atoms with Crippen molar-refractivity contribution in [2.45, 2.75) is 52.6 Å². The summed E-state index contributed by atoms with van der Waals surface area (Å²) in [4.78, 5) is 13.1. The van der Waals surface area contributed by atoms with Crippen molar-refractivity contribution < 1.29 is 4.79 Å². The van der Waals surface area contributed by atoms with Gasteiger partial charge in [-0.15, -0.1) is 5.10 Å². The summed E-state index contributed by atoms with van der Waals surface area (Å²) in [5.41, 5.74) is 3.92. The summed E-state index contributed by atoms with van der Waals surface area (Å²) in [5.74, 6) is -0.121. The minimum atomic E-state index is -0.623. The lowest BCUT2D eigenvalue weighted by molar-refractivity contribution is 0.0911. The predicted molar refractivity (Wildman–Crippen MR) is 112 cm³/mol. The molecular formula is C23H28N4O. The fourth-order valence-electron chi connectivity index (χ4n) is 3.10. The fraction of sp³-hybridized carbons (Fsp3) is 0.348. The number of hydrogen-bond acceptors (Lipinski definition) is 3. The maximum atomic E-state index is 13.1. The number of carbonyl (C=O) groups is 1. The number of aryl methyl sites for hydroxylation is 2. The molecular weight excluding hydrogens is 348 g/mol. The van der Waals surface area contributed by atoms with Crippen molar-refractivity contribution in [2.75, 3.05) is 0 Å². The van der Waals surface area contributed by atoms with Gasteiger partial charge < -0.3 is 5.32 Å². The number of nitrogens with zero attached hydrogens (tertiary/aromatic N) is 3. The van der Waals surface area contributed by atoms with Crippen LogP contribution in [0.25, 0.3) is 11.1 Å². The smallest absolute Gasteiger partial charge is 0.252 e. The van der Waals surface area contributed by atoms with Crippen molar-refractivity contribution in [3.05, 3.63) is 71.5 Å². The van der Waals surface area contributed by atoms with Gasteiger partial charge in [-0.25, -0.2) is 0 Å². The third kappa shape index (κ3) is 4.47. The van der Waals surface area contributed by atoms with Gasteiger partial charge in [0, 0.05) is 12.1 Å². The number of hydrogen-bond donors (Lipinski definition) is 1. The normalized spacial score (nSPS) is 11.4. The van der Waals surface area contributed by atoms with Crippen LogP contribution >= 0.6 is 0 Å². The molecule has 5 nitrogen and oxygen atoms in total. The van der Waals surface area contributed by atoms with Crippen LogP contribution in [0.2, 0.25) is 0 Å². The zero-order chi connectivity index (χ0) is 20.1. The Morgan fingerprint density at radius 3 is 2.54 bits per heavy atom. The lowest BCUT2D eigenvalue weighted by Gasteiger charge is -2.24. The molecule has 0 unspecified atom stereocenters. The average Bonchev–Trinajstić information content (AvgIpc) is 3.17. The second kappa shape index (κ2) is 8.38. The molecule has 0 atom stereocenters. The standard InChI is InChI=1S/C23H28N4O/c1-5-6-15-27-16-21(25-26-27)23(3,4)24-22(28)20-10-8-7-9-19(20)18-13-11-17(2)12-14-18/h7-14,16H,5-6,15H2,1-4H3,(H,24,28). The van der Waals surface area contributed by atoms with Crippen LogP contribution in [0.3, 0.4) is 0 Å². The molecule has 3 aromatic rings. The molecule has 0 aliphatic heterocycles. The molecule has 28 heavy (non-hydrogen) atoms. The van der Waals surface area contributed by atoms with E-state index in [1.807, 2.05) is 61.1 Å². The minimum absolute atomic E-state index is 0.121. The molecule has 1 heterocycles. The van der Waals surface area contributed by atoms with Crippen LogP contribution in [0.4, 0.5) is 0 Å². The van der Waals surface area contributed by atoms with Gasteiger partial charge in [0.2, 0.25) is 0 Å². The molecule has 0 fully saturated rings. The van der Waals surface area contributed by atoms with Crippen molar-refractivity contribution in [3.63, 3.8) is 0 Å². The molecule has 0 saturated heterocycles. The summed E-state index contributed by atoms with van der Waals surface area (Å²) >= 11 is 0. The van der Waals surface area contributed by atoms with E-state index in [9.17, 15) is 4.79 Å². The van der Waals surface area contributed by atoms with E-state index in [-0.39, 0.29) is 5.91 Å². The summed E-state index contributed by atoms with van der Waals surface area (Å²) in [7, 11) is 0. The van der Waals surface area contributed by atoms with Gasteiger partial charge >= 0.3 is 0 Å². The van der Waals surface area contributed by atoms with E-state index in [4.69, 9.17) is 0 Å². The zero-order valence-corrected chi connectivity index (χ0v) is 17.1. The minimum Gasteiger partial charge on any atom is -0.341 e. The average molecular weight is 377 g/mol. The monoisotopic (exact) mass is 376 g/mol. The molecule has 1 N–H and O–H groups in total. The largest absolute Gasteiger partial charge is 0.341 e. The van der Waals surface area contributed by atoms with Crippen molar-refractivity contribution in [1.29, 1.82) is 0 Å². The second-order valence-corrected chi connectivity index (χ2v) is 7.71. The summed E-state index contributed by atoms with van der Waals surface area (Å²) < 4.78 is 1.84. The van der Waals surface area contributed by atoms with Crippen LogP contribution in [-0.4, -0.2) is 20.9 Å². The lowest BCUT2D eigenvalue weighted by atomic mass is 9.96. The van der Waals surface area contributed by atoms with Crippen molar-refractivity contribution in [1.82, 2.24) is 20.3 Å². The molecule has 0 radical (unpaired) electrons. The van der Waals surface area contributed by atoms with Gasteiger partial charge in [0.15, 0.2) is 0 Å².